The maximum absolute atomic E-state index is 12.0. The van der Waals surface area contributed by atoms with Gasteiger partial charge in [-0.3, -0.25) is 0 Å². The number of anilines is 1. The number of benzene rings is 1. The van der Waals surface area contributed by atoms with E-state index in [9.17, 15) is 4.79 Å². The van der Waals surface area contributed by atoms with E-state index in [1.54, 1.807) is 13.2 Å². The van der Waals surface area contributed by atoms with Crippen molar-refractivity contribution in [3.63, 3.8) is 0 Å². The molecule has 1 aromatic heterocycles. The molecule has 0 aliphatic carbocycles. The summed E-state index contributed by atoms with van der Waals surface area (Å²) >= 11 is 6.14. The lowest BCUT2D eigenvalue weighted by Crippen LogP contribution is -2.43. The molecule has 2 heterocycles. The fraction of sp³-hybridized carbons (Fsp3) is 0.476. The number of nitrogens with one attached hydrogen (secondary N) is 1. The third kappa shape index (κ3) is 5.31. The second-order valence-corrected chi connectivity index (χ2v) is 7.24. The molecule has 1 N–H and O–H groups in total. The molecule has 162 valence electrons. The van der Waals surface area contributed by atoms with Gasteiger partial charge in [0.2, 0.25) is 5.28 Å². The Morgan fingerprint density at radius 2 is 1.97 bits per heavy atom. The van der Waals surface area contributed by atoms with Gasteiger partial charge in [-0.1, -0.05) is 6.07 Å². The molecule has 1 aliphatic rings. The Hall–Kier alpha value is -2.58. The molecule has 1 aromatic carbocycles. The van der Waals surface area contributed by atoms with E-state index in [4.69, 9.17) is 25.8 Å². The minimum Gasteiger partial charge on any atom is -0.493 e. The number of piperidine rings is 1. The van der Waals surface area contributed by atoms with Gasteiger partial charge < -0.3 is 24.4 Å². The third-order valence-corrected chi connectivity index (χ3v) is 5.17. The van der Waals surface area contributed by atoms with Crippen molar-refractivity contribution in [2.24, 2.45) is 0 Å². The first kappa shape index (κ1) is 22.1. The van der Waals surface area contributed by atoms with Gasteiger partial charge in [0.25, 0.3) is 0 Å². The zero-order chi connectivity index (χ0) is 21.5. The highest BCUT2D eigenvalue weighted by molar-refractivity contribution is 6.28. The van der Waals surface area contributed by atoms with Crippen LogP contribution in [0.1, 0.15) is 35.8 Å². The SMILES string of the molecule is CCOc1cc(CN(c2cc(C(=O)OC)nc(Cl)n2)C2CCNCC2)ccc1OC. The van der Waals surface area contributed by atoms with Gasteiger partial charge in [0.1, 0.15) is 5.82 Å². The van der Waals surface area contributed by atoms with E-state index in [1.807, 2.05) is 25.1 Å². The maximum Gasteiger partial charge on any atom is 0.356 e. The Morgan fingerprint density at radius 3 is 2.63 bits per heavy atom. The first-order chi connectivity index (χ1) is 14.5. The van der Waals surface area contributed by atoms with Crippen LogP contribution in [-0.2, 0) is 11.3 Å². The highest BCUT2D eigenvalue weighted by Crippen LogP contribution is 2.31. The Labute approximate surface area is 181 Å². The molecule has 1 aliphatic heterocycles. The number of rotatable bonds is 8. The fourth-order valence-corrected chi connectivity index (χ4v) is 3.74. The summed E-state index contributed by atoms with van der Waals surface area (Å²) in [6, 6.07) is 7.74. The number of methoxy groups -OCH3 is 2. The quantitative estimate of drug-likeness (QED) is 0.501. The van der Waals surface area contributed by atoms with Crippen molar-refractivity contribution in [2.45, 2.75) is 32.4 Å². The zero-order valence-corrected chi connectivity index (χ0v) is 18.2. The van der Waals surface area contributed by atoms with Crippen LogP contribution < -0.4 is 19.7 Å². The van der Waals surface area contributed by atoms with Crippen molar-refractivity contribution in [3.05, 3.63) is 40.8 Å². The lowest BCUT2D eigenvalue weighted by molar-refractivity contribution is 0.0594. The number of carbonyl (C=O) groups excluding carboxylic acids is 1. The van der Waals surface area contributed by atoms with Crippen molar-refractivity contribution in [1.29, 1.82) is 0 Å². The van der Waals surface area contributed by atoms with E-state index in [1.165, 1.54) is 7.11 Å². The van der Waals surface area contributed by atoms with E-state index >= 15 is 0 Å². The van der Waals surface area contributed by atoms with Gasteiger partial charge in [0, 0.05) is 18.7 Å². The number of hydrogen-bond donors (Lipinski definition) is 1. The summed E-state index contributed by atoms with van der Waals surface area (Å²) in [5, 5.41) is 3.39. The molecule has 0 atom stereocenters. The van der Waals surface area contributed by atoms with Gasteiger partial charge in [-0.15, -0.1) is 0 Å². The Kier molecular flexibility index (Phi) is 7.70. The smallest absolute Gasteiger partial charge is 0.356 e. The summed E-state index contributed by atoms with van der Waals surface area (Å²) in [6.07, 6.45) is 1.90. The standard InChI is InChI=1S/C21H27ClN4O4/c1-4-30-18-11-14(5-6-17(18)28-2)13-26(15-7-9-23-10-8-15)19-12-16(20(27)29-3)24-21(22)25-19/h5-6,11-12,15,23H,4,7-10,13H2,1-3H3. The largest absolute Gasteiger partial charge is 0.493 e. The van der Waals surface area contributed by atoms with Crippen LogP contribution in [0.3, 0.4) is 0 Å². The molecule has 0 bridgehead atoms. The van der Waals surface area contributed by atoms with Crippen molar-refractivity contribution in [1.82, 2.24) is 15.3 Å². The number of hydrogen-bond acceptors (Lipinski definition) is 8. The van der Waals surface area contributed by atoms with Crippen LogP contribution in [-0.4, -0.2) is 55.9 Å². The molecule has 1 fully saturated rings. The second-order valence-electron chi connectivity index (χ2n) is 6.90. The summed E-state index contributed by atoms with van der Waals surface area (Å²) in [7, 11) is 2.94. The number of aromatic nitrogens is 2. The van der Waals surface area contributed by atoms with Gasteiger partial charge in [-0.05, 0) is 62.2 Å². The zero-order valence-electron chi connectivity index (χ0n) is 17.5. The molecule has 30 heavy (non-hydrogen) atoms. The number of esters is 1. The van der Waals surface area contributed by atoms with Crippen LogP contribution in [0.2, 0.25) is 5.28 Å². The summed E-state index contributed by atoms with van der Waals surface area (Å²) in [5.74, 6) is 1.43. The van der Waals surface area contributed by atoms with E-state index in [-0.39, 0.29) is 17.0 Å². The molecule has 0 saturated carbocycles. The van der Waals surface area contributed by atoms with Crippen molar-refractivity contribution in [3.8, 4) is 11.5 Å². The van der Waals surface area contributed by atoms with Crippen molar-refractivity contribution in [2.75, 3.05) is 38.8 Å². The fourth-order valence-electron chi connectivity index (χ4n) is 3.56. The van der Waals surface area contributed by atoms with Gasteiger partial charge in [-0.25, -0.2) is 14.8 Å². The Bertz CT molecular complexity index is 874. The van der Waals surface area contributed by atoms with Crippen LogP contribution >= 0.6 is 11.6 Å². The van der Waals surface area contributed by atoms with Gasteiger partial charge in [0.15, 0.2) is 17.2 Å². The summed E-state index contributed by atoms with van der Waals surface area (Å²) < 4.78 is 15.9. The summed E-state index contributed by atoms with van der Waals surface area (Å²) in [6.45, 7) is 4.88. The average molecular weight is 435 g/mol. The second kappa shape index (κ2) is 10.4. The van der Waals surface area contributed by atoms with Crippen LogP contribution in [0.15, 0.2) is 24.3 Å². The monoisotopic (exact) mass is 434 g/mol. The van der Waals surface area contributed by atoms with Gasteiger partial charge in [-0.2, -0.15) is 0 Å². The maximum atomic E-state index is 12.0. The van der Waals surface area contributed by atoms with Gasteiger partial charge in [0.05, 0.1) is 20.8 Å². The Morgan fingerprint density at radius 1 is 1.20 bits per heavy atom. The van der Waals surface area contributed by atoms with E-state index < -0.39 is 5.97 Å². The van der Waals surface area contributed by atoms with Crippen LogP contribution in [0.5, 0.6) is 11.5 Å². The lowest BCUT2D eigenvalue weighted by Gasteiger charge is -2.36. The van der Waals surface area contributed by atoms with E-state index in [2.05, 4.69) is 20.2 Å². The molecule has 8 nitrogen and oxygen atoms in total. The molecule has 2 aromatic rings. The third-order valence-electron chi connectivity index (χ3n) is 5.00. The first-order valence-corrected chi connectivity index (χ1v) is 10.3. The minimum absolute atomic E-state index is 0.0107. The molecule has 0 amide bonds. The van der Waals surface area contributed by atoms with Gasteiger partial charge >= 0.3 is 5.97 Å². The summed E-state index contributed by atoms with van der Waals surface area (Å²) in [5.41, 5.74) is 1.17. The summed E-state index contributed by atoms with van der Waals surface area (Å²) in [4.78, 5) is 22.6. The predicted molar refractivity (Wildman–Crippen MR) is 115 cm³/mol. The molecule has 0 unspecified atom stereocenters. The number of ether oxygens (including phenoxy) is 3. The van der Waals surface area contributed by atoms with E-state index in [0.717, 1.165) is 31.5 Å². The highest BCUT2D eigenvalue weighted by atomic mass is 35.5. The lowest BCUT2D eigenvalue weighted by atomic mass is 10.0. The molecular weight excluding hydrogens is 408 g/mol. The van der Waals surface area contributed by atoms with Crippen LogP contribution in [0.25, 0.3) is 0 Å². The topological polar surface area (TPSA) is 85.8 Å². The number of nitrogens with zero attached hydrogens (tertiary/aromatic N) is 3. The molecule has 3 rings (SSSR count). The molecule has 0 radical (unpaired) electrons. The van der Waals surface area contributed by atoms with Crippen LogP contribution in [0, 0.1) is 0 Å². The molecule has 0 spiro atoms. The van der Waals surface area contributed by atoms with Crippen LogP contribution in [0.4, 0.5) is 5.82 Å². The van der Waals surface area contributed by atoms with Crippen molar-refractivity contribution >= 4 is 23.4 Å². The Balaban J connectivity index is 1.97. The molecule has 1 saturated heterocycles. The minimum atomic E-state index is -0.547. The molecular formula is C21H27ClN4O4. The average Bonchev–Trinajstić information content (AvgIpc) is 2.77. The first-order valence-electron chi connectivity index (χ1n) is 9.95. The molecule has 9 heteroatoms. The number of halogens is 1. The van der Waals surface area contributed by atoms with Crippen molar-refractivity contribution < 1.29 is 19.0 Å². The predicted octanol–water partition coefficient (Wildman–Crippen LogP) is 3.08. The number of carbonyl (C=O) groups is 1. The highest BCUT2D eigenvalue weighted by Gasteiger charge is 2.25. The normalized spacial score (nSPS) is 14.3. The van der Waals surface area contributed by atoms with E-state index in [0.29, 0.717) is 30.5 Å².